The summed E-state index contributed by atoms with van der Waals surface area (Å²) in [5.41, 5.74) is 0.846. The molecular weight excluding hydrogens is 318 g/mol. The number of para-hydroxylation sites is 2. The van der Waals surface area contributed by atoms with E-state index in [4.69, 9.17) is 4.74 Å². The minimum absolute atomic E-state index is 0.0161. The van der Waals surface area contributed by atoms with Crippen LogP contribution in [0.15, 0.2) is 54.6 Å². The first-order valence-corrected chi connectivity index (χ1v) is 9.49. The molecule has 0 amide bonds. The van der Waals surface area contributed by atoms with Crippen LogP contribution in [0.4, 0.5) is 0 Å². The fraction of sp³-hybridized carbons (Fsp3) is 0.188. The van der Waals surface area contributed by atoms with Gasteiger partial charge in [0.2, 0.25) is 0 Å². The minimum atomic E-state index is -3.23. The summed E-state index contributed by atoms with van der Waals surface area (Å²) in [5.74, 6) is 0.625. The van der Waals surface area contributed by atoms with Gasteiger partial charge in [0.25, 0.3) is 0 Å². The Kier molecular flexibility index (Phi) is 4.40. The van der Waals surface area contributed by atoms with E-state index < -0.39 is 9.84 Å². The topological polar surface area (TPSA) is 56.3 Å². The zero-order valence-corrected chi connectivity index (χ0v) is 13.4. The van der Waals surface area contributed by atoms with Crippen molar-refractivity contribution in [1.82, 2.24) is 4.98 Å². The Hall–Kier alpha value is -1.92. The molecule has 1 aromatic heterocycles. The van der Waals surface area contributed by atoms with Crippen LogP contribution in [-0.4, -0.2) is 25.8 Å². The Bertz CT molecular complexity index is 824. The molecule has 114 valence electrons. The average molecular weight is 333 g/mol. The van der Waals surface area contributed by atoms with Gasteiger partial charge in [0.15, 0.2) is 9.84 Å². The Morgan fingerprint density at radius 3 is 2.50 bits per heavy atom. The molecule has 3 rings (SSSR count). The summed E-state index contributed by atoms with van der Waals surface area (Å²) in [6.07, 6.45) is 0. The van der Waals surface area contributed by atoms with E-state index in [0.717, 1.165) is 10.2 Å². The molecular formula is C16H15NO3S2. The summed E-state index contributed by atoms with van der Waals surface area (Å²) >= 11 is 1.42. The molecule has 0 N–H and O–H groups in total. The van der Waals surface area contributed by atoms with Crippen molar-refractivity contribution in [3.05, 3.63) is 59.6 Å². The Morgan fingerprint density at radius 1 is 1.00 bits per heavy atom. The van der Waals surface area contributed by atoms with E-state index in [-0.39, 0.29) is 18.1 Å². The smallest absolute Gasteiger partial charge is 0.160 e. The molecule has 2 aromatic carbocycles. The zero-order valence-electron chi connectivity index (χ0n) is 11.8. The van der Waals surface area contributed by atoms with Crippen molar-refractivity contribution >= 4 is 31.4 Å². The van der Waals surface area contributed by atoms with E-state index in [1.807, 2.05) is 42.5 Å². The Morgan fingerprint density at radius 2 is 1.73 bits per heavy atom. The highest BCUT2D eigenvalue weighted by atomic mass is 32.2. The molecule has 6 heteroatoms. The van der Waals surface area contributed by atoms with E-state index in [1.54, 1.807) is 12.1 Å². The summed E-state index contributed by atoms with van der Waals surface area (Å²) in [5, 5.41) is 0.626. The number of aromatic nitrogens is 1. The molecule has 0 radical (unpaired) electrons. The zero-order chi connectivity index (χ0) is 15.4. The third-order valence-corrected chi connectivity index (χ3v) is 5.81. The van der Waals surface area contributed by atoms with Gasteiger partial charge in [-0.25, -0.2) is 13.4 Å². The molecule has 22 heavy (non-hydrogen) atoms. The maximum Gasteiger partial charge on any atom is 0.160 e. The van der Waals surface area contributed by atoms with Gasteiger partial charge < -0.3 is 4.74 Å². The highest BCUT2D eigenvalue weighted by Gasteiger charge is 2.15. The van der Waals surface area contributed by atoms with Crippen LogP contribution >= 0.6 is 11.3 Å². The summed E-state index contributed by atoms with van der Waals surface area (Å²) in [6.45, 7) is 0.150. The van der Waals surface area contributed by atoms with E-state index >= 15 is 0 Å². The van der Waals surface area contributed by atoms with Crippen LogP contribution in [-0.2, 0) is 15.6 Å². The molecule has 0 spiro atoms. The molecule has 0 atom stereocenters. The monoisotopic (exact) mass is 333 g/mol. The molecule has 0 unspecified atom stereocenters. The van der Waals surface area contributed by atoms with Gasteiger partial charge in [-0.3, -0.25) is 0 Å². The number of ether oxygens (including phenoxy) is 1. The third kappa shape index (κ3) is 3.84. The van der Waals surface area contributed by atoms with Crippen molar-refractivity contribution in [2.24, 2.45) is 0 Å². The van der Waals surface area contributed by atoms with Crippen LogP contribution in [0.2, 0.25) is 0 Å². The molecule has 0 aliphatic carbocycles. The van der Waals surface area contributed by atoms with E-state index in [1.165, 1.54) is 11.3 Å². The van der Waals surface area contributed by atoms with Gasteiger partial charge >= 0.3 is 0 Å². The van der Waals surface area contributed by atoms with Gasteiger partial charge in [-0.1, -0.05) is 30.3 Å². The van der Waals surface area contributed by atoms with Crippen LogP contribution in [0.25, 0.3) is 10.2 Å². The molecule has 0 fully saturated rings. The predicted octanol–water partition coefficient (Wildman–Crippen LogP) is 3.29. The normalized spacial score (nSPS) is 11.6. The quantitative estimate of drug-likeness (QED) is 0.694. The van der Waals surface area contributed by atoms with E-state index in [9.17, 15) is 8.42 Å². The molecule has 0 saturated heterocycles. The van der Waals surface area contributed by atoms with Crippen molar-refractivity contribution < 1.29 is 13.2 Å². The van der Waals surface area contributed by atoms with Crippen molar-refractivity contribution in [2.45, 2.75) is 5.75 Å². The lowest BCUT2D eigenvalue weighted by molar-refractivity contribution is 0.341. The molecule has 3 aromatic rings. The maximum atomic E-state index is 12.2. The number of nitrogens with zero attached hydrogens (tertiary/aromatic N) is 1. The van der Waals surface area contributed by atoms with E-state index in [2.05, 4.69) is 4.98 Å². The average Bonchev–Trinajstić information content (AvgIpc) is 2.89. The van der Waals surface area contributed by atoms with Crippen LogP contribution in [0.1, 0.15) is 5.01 Å². The first-order chi connectivity index (χ1) is 10.6. The number of hydrogen-bond donors (Lipinski definition) is 0. The number of sulfone groups is 1. The summed E-state index contributed by atoms with van der Waals surface area (Å²) < 4.78 is 30.8. The first kappa shape index (κ1) is 15.0. The fourth-order valence-corrected chi connectivity index (χ4v) is 4.50. The SMILES string of the molecule is O=S(=O)(CCOc1ccccc1)Cc1nc2ccccc2s1. The molecule has 0 saturated carbocycles. The molecule has 1 heterocycles. The first-order valence-electron chi connectivity index (χ1n) is 6.85. The number of rotatable bonds is 6. The number of fused-ring (bicyclic) bond motifs is 1. The number of hydrogen-bond acceptors (Lipinski definition) is 5. The fourth-order valence-electron chi connectivity index (χ4n) is 2.05. The van der Waals surface area contributed by atoms with Crippen molar-refractivity contribution in [1.29, 1.82) is 0 Å². The Balaban J connectivity index is 1.61. The summed E-state index contributed by atoms with van der Waals surface area (Å²) in [6, 6.07) is 16.9. The van der Waals surface area contributed by atoms with Crippen molar-refractivity contribution in [3.63, 3.8) is 0 Å². The Labute approximate surface area is 133 Å². The van der Waals surface area contributed by atoms with Crippen LogP contribution < -0.4 is 4.74 Å². The third-order valence-electron chi connectivity index (χ3n) is 3.09. The van der Waals surface area contributed by atoms with Crippen LogP contribution in [0.3, 0.4) is 0 Å². The van der Waals surface area contributed by atoms with E-state index in [0.29, 0.717) is 10.8 Å². The van der Waals surface area contributed by atoms with Crippen molar-refractivity contribution in [2.75, 3.05) is 12.4 Å². The van der Waals surface area contributed by atoms with Gasteiger partial charge in [-0.05, 0) is 24.3 Å². The minimum Gasteiger partial charge on any atom is -0.493 e. The second-order valence-electron chi connectivity index (χ2n) is 4.83. The lowest BCUT2D eigenvalue weighted by Crippen LogP contribution is -2.15. The molecule has 4 nitrogen and oxygen atoms in total. The molecule has 0 aliphatic heterocycles. The number of benzene rings is 2. The van der Waals surface area contributed by atoms with Crippen LogP contribution in [0, 0.1) is 0 Å². The second kappa shape index (κ2) is 6.46. The van der Waals surface area contributed by atoms with Gasteiger partial charge in [-0.2, -0.15) is 0 Å². The largest absolute Gasteiger partial charge is 0.493 e. The molecule has 0 aliphatic rings. The second-order valence-corrected chi connectivity index (χ2v) is 8.13. The lowest BCUT2D eigenvalue weighted by Gasteiger charge is -2.06. The number of thiazole rings is 1. The van der Waals surface area contributed by atoms with Gasteiger partial charge in [0.05, 0.1) is 16.0 Å². The predicted molar refractivity (Wildman–Crippen MR) is 89.0 cm³/mol. The summed E-state index contributed by atoms with van der Waals surface area (Å²) in [7, 11) is -3.23. The maximum absolute atomic E-state index is 12.2. The highest BCUT2D eigenvalue weighted by Crippen LogP contribution is 2.23. The molecule has 0 bridgehead atoms. The van der Waals surface area contributed by atoms with Crippen molar-refractivity contribution in [3.8, 4) is 5.75 Å². The van der Waals surface area contributed by atoms with Gasteiger partial charge in [-0.15, -0.1) is 11.3 Å². The lowest BCUT2D eigenvalue weighted by atomic mass is 10.3. The van der Waals surface area contributed by atoms with Crippen LogP contribution in [0.5, 0.6) is 5.75 Å². The standard InChI is InChI=1S/C16H15NO3S2/c18-22(19,11-10-20-13-6-2-1-3-7-13)12-16-17-14-8-4-5-9-15(14)21-16/h1-9H,10-12H2. The van der Waals surface area contributed by atoms with Gasteiger partial charge in [0.1, 0.15) is 23.1 Å². The summed E-state index contributed by atoms with van der Waals surface area (Å²) in [4.78, 5) is 4.36. The van der Waals surface area contributed by atoms with Gasteiger partial charge in [0, 0.05) is 0 Å². The highest BCUT2D eigenvalue weighted by molar-refractivity contribution is 7.90.